The second-order valence-corrected chi connectivity index (χ2v) is 5.25. The van der Waals surface area contributed by atoms with E-state index in [4.69, 9.17) is 17.4 Å². The second kappa shape index (κ2) is 7.93. The monoisotopic (exact) mass is 318 g/mol. The molecule has 0 radical (unpaired) electrons. The number of nitrogen functional groups attached to an aromatic ring is 1. The molecule has 1 rings (SSSR count). The Morgan fingerprint density at radius 3 is 2.80 bits per heavy atom. The van der Waals surface area contributed by atoms with Crippen LogP contribution in [0, 0.1) is 10.1 Å². The van der Waals surface area contributed by atoms with Gasteiger partial charge in [-0.05, 0) is 24.5 Å². The Hall–Kier alpha value is -1.51. The summed E-state index contributed by atoms with van der Waals surface area (Å²) in [5, 5.41) is 13.6. The standard InChI is InChI=1S/C11H15ClN4O3S/c1-20-4-2-3-14-11(17)7-5-8(12)10(15-13)9(6-7)16(18)19/h5-6,15H,2-4,13H2,1H3,(H,14,17). The van der Waals surface area contributed by atoms with E-state index in [2.05, 4.69) is 10.7 Å². The molecule has 0 saturated carbocycles. The molecular formula is C11H15ClN4O3S. The van der Waals surface area contributed by atoms with Gasteiger partial charge in [0.05, 0.1) is 9.95 Å². The number of hydrogen-bond acceptors (Lipinski definition) is 6. The number of anilines is 1. The molecule has 110 valence electrons. The van der Waals surface area contributed by atoms with E-state index in [1.54, 1.807) is 11.8 Å². The molecule has 0 saturated heterocycles. The molecule has 0 atom stereocenters. The molecule has 0 fully saturated rings. The van der Waals surface area contributed by atoms with Crippen LogP contribution in [0.1, 0.15) is 16.8 Å². The molecule has 4 N–H and O–H groups in total. The van der Waals surface area contributed by atoms with Gasteiger partial charge in [-0.25, -0.2) is 0 Å². The van der Waals surface area contributed by atoms with Crippen molar-refractivity contribution in [2.75, 3.05) is 24.0 Å². The summed E-state index contributed by atoms with van der Waals surface area (Å²) in [6.07, 6.45) is 2.80. The summed E-state index contributed by atoms with van der Waals surface area (Å²) in [6.45, 7) is 0.502. The zero-order chi connectivity index (χ0) is 15.1. The number of halogens is 1. The molecule has 0 aliphatic rings. The number of nitrogens with two attached hydrogens (primary N) is 1. The van der Waals surface area contributed by atoms with E-state index in [0.29, 0.717) is 6.54 Å². The first kappa shape index (κ1) is 16.5. The molecule has 1 aromatic carbocycles. The van der Waals surface area contributed by atoms with Crippen LogP contribution in [0.3, 0.4) is 0 Å². The largest absolute Gasteiger partial charge is 0.352 e. The third-order valence-electron chi connectivity index (χ3n) is 2.48. The first-order chi connectivity index (χ1) is 9.51. The molecule has 0 aromatic heterocycles. The predicted octanol–water partition coefficient (Wildman–Crippen LogP) is 2.02. The molecule has 7 nitrogen and oxygen atoms in total. The summed E-state index contributed by atoms with van der Waals surface area (Å²) >= 11 is 7.56. The number of hydrazine groups is 1. The number of nitro benzene ring substituents is 1. The van der Waals surface area contributed by atoms with Crippen molar-refractivity contribution in [3.8, 4) is 0 Å². The van der Waals surface area contributed by atoms with Crippen LogP contribution < -0.4 is 16.6 Å². The molecule has 0 unspecified atom stereocenters. The lowest BCUT2D eigenvalue weighted by molar-refractivity contribution is -0.384. The van der Waals surface area contributed by atoms with Gasteiger partial charge >= 0.3 is 0 Å². The van der Waals surface area contributed by atoms with Crippen molar-refractivity contribution in [1.82, 2.24) is 5.32 Å². The van der Waals surface area contributed by atoms with Crippen molar-refractivity contribution < 1.29 is 9.72 Å². The molecule has 0 aliphatic carbocycles. The molecule has 1 aromatic rings. The number of nitrogens with zero attached hydrogens (tertiary/aromatic N) is 1. The van der Waals surface area contributed by atoms with E-state index < -0.39 is 10.8 Å². The Balaban J connectivity index is 2.90. The van der Waals surface area contributed by atoms with Gasteiger partial charge in [-0.3, -0.25) is 20.8 Å². The van der Waals surface area contributed by atoms with E-state index in [9.17, 15) is 14.9 Å². The molecule has 20 heavy (non-hydrogen) atoms. The SMILES string of the molecule is CSCCCNC(=O)c1cc(Cl)c(NN)c([N+](=O)[O-])c1. The fourth-order valence-electron chi connectivity index (χ4n) is 1.53. The second-order valence-electron chi connectivity index (χ2n) is 3.86. The Morgan fingerprint density at radius 1 is 1.55 bits per heavy atom. The van der Waals surface area contributed by atoms with Gasteiger partial charge in [0, 0.05) is 18.2 Å². The highest BCUT2D eigenvalue weighted by Crippen LogP contribution is 2.32. The maximum absolute atomic E-state index is 11.9. The fourth-order valence-corrected chi connectivity index (χ4v) is 2.23. The molecule has 0 spiro atoms. The lowest BCUT2D eigenvalue weighted by Gasteiger charge is -2.08. The minimum Gasteiger partial charge on any atom is -0.352 e. The van der Waals surface area contributed by atoms with Gasteiger partial charge in [-0.2, -0.15) is 11.8 Å². The van der Waals surface area contributed by atoms with Crippen molar-refractivity contribution in [3.63, 3.8) is 0 Å². The normalized spacial score (nSPS) is 10.2. The average molecular weight is 319 g/mol. The highest BCUT2D eigenvalue weighted by Gasteiger charge is 2.20. The molecule has 0 bridgehead atoms. The lowest BCUT2D eigenvalue weighted by Crippen LogP contribution is -2.25. The number of hydrogen-bond donors (Lipinski definition) is 3. The highest BCUT2D eigenvalue weighted by atomic mass is 35.5. The van der Waals surface area contributed by atoms with Crippen LogP contribution in [-0.2, 0) is 0 Å². The van der Waals surface area contributed by atoms with E-state index in [-0.39, 0.29) is 22.0 Å². The maximum Gasteiger partial charge on any atom is 0.295 e. The number of amides is 1. The summed E-state index contributed by atoms with van der Waals surface area (Å²) < 4.78 is 0. The first-order valence-electron chi connectivity index (χ1n) is 5.73. The third kappa shape index (κ3) is 4.26. The Labute approximate surface area is 125 Å². The van der Waals surface area contributed by atoms with Crippen LogP contribution in [-0.4, -0.2) is 29.4 Å². The zero-order valence-electron chi connectivity index (χ0n) is 10.8. The van der Waals surface area contributed by atoms with Gasteiger partial charge in [0.15, 0.2) is 0 Å². The average Bonchev–Trinajstić information content (AvgIpc) is 2.42. The maximum atomic E-state index is 11.9. The summed E-state index contributed by atoms with van der Waals surface area (Å²) in [5.74, 6) is 5.71. The third-order valence-corrected chi connectivity index (χ3v) is 3.48. The summed E-state index contributed by atoms with van der Waals surface area (Å²) in [5.41, 5.74) is 1.94. The molecule has 0 heterocycles. The number of nitrogens with one attached hydrogen (secondary N) is 2. The summed E-state index contributed by atoms with van der Waals surface area (Å²) in [4.78, 5) is 22.2. The van der Waals surface area contributed by atoms with Crippen molar-refractivity contribution >= 4 is 40.6 Å². The van der Waals surface area contributed by atoms with E-state index >= 15 is 0 Å². The molecule has 0 aliphatic heterocycles. The van der Waals surface area contributed by atoms with Gasteiger partial charge in [-0.15, -0.1) is 0 Å². The van der Waals surface area contributed by atoms with E-state index in [1.807, 2.05) is 6.26 Å². The van der Waals surface area contributed by atoms with Crippen LogP contribution >= 0.6 is 23.4 Å². The smallest absolute Gasteiger partial charge is 0.295 e. The summed E-state index contributed by atoms with van der Waals surface area (Å²) in [7, 11) is 0. The highest BCUT2D eigenvalue weighted by molar-refractivity contribution is 7.98. The molecule has 9 heteroatoms. The van der Waals surface area contributed by atoms with Crippen LogP contribution in [0.4, 0.5) is 11.4 Å². The lowest BCUT2D eigenvalue weighted by atomic mass is 10.1. The molecule has 1 amide bonds. The number of nitro groups is 1. The number of benzene rings is 1. The number of rotatable bonds is 7. The molecular weight excluding hydrogens is 304 g/mol. The fraction of sp³-hybridized carbons (Fsp3) is 0.364. The van der Waals surface area contributed by atoms with Crippen LogP contribution in [0.15, 0.2) is 12.1 Å². The van der Waals surface area contributed by atoms with Crippen molar-refractivity contribution in [1.29, 1.82) is 0 Å². The zero-order valence-corrected chi connectivity index (χ0v) is 12.4. The van der Waals surface area contributed by atoms with Gasteiger partial charge in [0.25, 0.3) is 11.6 Å². The van der Waals surface area contributed by atoms with Crippen molar-refractivity contribution in [2.45, 2.75) is 6.42 Å². The predicted molar refractivity (Wildman–Crippen MR) is 81.2 cm³/mol. The minimum absolute atomic E-state index is 0.0180. The number of carbonyl (C=O) groups is 1. The van der Waals surface area contributed by atoms with Gasteiger partial charge < -0.3 is 10.7 Å². The van der Waals surface area contributed by atoms with Crippen LogP contribution in [0.2, 0.25) is 5.02 Å². The quantitative estimate of drug-likeness (QED) is 0.307. The van der Waals surface area contributed by atoms with Crippen LogP contribution in [0.5, 0.6) is 0 Å². The minimum atomic E-state index is -0.647. The Bertz CT molecular complexity index is 513. The van der Waals surface area contributed by atoms with Crippen molar-refractivity contribution in [2.24, 2.45) is 5.84 Å². The Morgan fingerprint density at radius 2 is 2.25 bits per heavy atom. The van der Waals surface area contributed by atoms with E-state index in [1.165, 1.54) is 6.07 Å². The van der Waals surface area contributed by atoms with Gasteiger partial charge in [-0.1, -0.05) is 11.6 Å². The topological polar surface area (TPSA) is 110 Å². The van der Waals surface area contributed by atoms with Crippen molar-refractivity contribution in [3.05, 3.63) is 32.8 Å². The number of carbonyl (C=O) groups excluding carboxylic acids is 1. The Kier molecular flexibility index (Phi) is 6.56. The van der Waals surface area contributed by atoms with Crippen LogP contribution in [0.25, 0.3) is 0 Å². The van der Waals surface area contributed by atoms with E-state index in [0.717, 1.165) is 18.2 Å². The first-order valence-corrected chi connectivity index (χ1v) is 7.50. The van der Waals surface area contributed by atoms with Gasteiger partial charge in [0.2, 0.25) is 0 Å². The summed E-state index contributed by atoms with van der Waals surface area (Å²) in [6, 6.07) is 2.48. The number of thioether (sulfide) groups is 1. The van der Waals surface area contributed by atoms with Gasteiger partial charge in [0.1, 0.15) is 5.69 Å².